The van der Waals surface area contributed by atoms with Crippen molar-refractivity contribution in [3.8, 4) is 5.69 Å². The van der Waals surface area contributed by atoms with E-state index in [1.54, 1.807) is 41.2 Å². The van der Waals surface area contributed by atoms with Crippen LogP contribution in [0.4, 0.5) is 0 Å². The lowest BCUT2D eigenvalue weighted by atomic mass is 10.2. The fraction of sp³-hybridized carbons (Fsp3) is 0. The van der Waals surface area contributed by atoms with Crippen LogP contribution in [0.1, 0.15) is 10.4 Å². The van der Waals surface area contributed by atoms with Crippen molar-refractivity contribution < 1.29 is 9.90 Å². The maximum absolute atomic E-state index is 11.1. The van der Waals surface area contributed by atoms with E-state index in [2.05, 4.69) is 4.98 Å². The Morgan fingerprint density at radius 3 is 2.75 bits per heavy atom. The number of imidazole rings is 1. The van der Waals surface area contributed by atoms with Crippen LogP contribution in [-0.4, -0.2) is 20.6 Å². The summed E-state index contributed by atoms with van der Waals surface area (Å²) < 4.78 is 1.72. The van der Waals surface area contributed by atoms with E-state index in [4.69, 9.17) is 28.3 Å². The second-order valence-corrected chi connectivity index (χ2v) is 4.98. The summed E-state index contributed by atoms with van der Waals surface area (Å²) in [6.07, 6.45) is 1.59. The molecule has 0 fully saturated rings. The van der Waals surface area contributed by atoms with Crippen molar-refractivity contribution in [3.63, 3.8) is 0 Å². The highest BCUT2D eigenvalue weighted by Gasteiger charge is 2.12. The monoisotopic (exact) mass is 306 g/mol. The Bertz CT molecular complexity index is 827. The number of carboxylic acids is 1. The van der Waals surface area contributed by atoms with Crippen molar-refractivity contribution in [1.82, 2.24) is 9.55 Å². The van der Waals surface area contributed by atoms with Gasteiger partial charge in [-0.05, 0) is 30.3 Å². The molecule has 0 radical (unpaired) electrons. The molecule has 0 aliphatic rings. The number of carboxylic acid groups (broad SMARTS) is 1. The van der Waals surface area contributed by atoms with Crippen LogP contribution < -0.4 is 0 Å². The number of nitrogens with zero attached hydrogens (tertiary/aromatic N) is 2. The predicted octanol–water partition coefficient (Wildman–Crippen LogP) is 4.03. The van der Waals surface area contributed by atoms with E-state index in [0.29, 0.717) is 26.8 Å². The van der Waals surface area contributed by atoms with Gasteiger partial charge in [0.2, 0.25) is 0 Å². The Labute approximate surface area is 124 Å². The molecule has 3 aromatic rings. The molecule has 100 valence electrons. The smallest absolute Gasteiger partial charge is 0.335 e. The molecule has 0 saturated heterocycles. The zero-order chi connectivity index (χ0) is 14.3. The average Bonchev–Trinajstić information content (AvgIpc) is 2.84. The van der Waals surface area contributed by atoms with Gasteiger partial charge in [-0.15, -0.1) is 0 Å². The molecule has 0 bridgehead atoms. The van der Waals surface area contributed by atoms with Gasteiger partial charge in [-0.1, -0.05) is 29.3 Å². The maximum atomic E-state index is 11.1. The van der Waals surface area contributed by atoms with E-state index in [-0.39, 0.29) is 5.56 Å². The molecule has 1 aromatic heterocycles. The van der Waals surface area contributed by atoms with E-state index in [1.807, 2.05) is 0 Å². The standard InChI is InChI=1S/C14H8Cl2N2O2/c15-9-2-1-3-11(13(9)16)18-7-17-10-5-4-8(14(19)20)6-12(10)18/h1-7H,(H,19,20). The fourth-order valence-electron chi connectivity index (χ4n) is 2.01. The molecule has 0 aliphatic heterocycles. The molecule has 0 spiro atoms. The van der Waals surface area contributed by atoms with Crippen LogP contribution in [-0.2, 0) is 0 Å². The summed E-state index contributed by atoms with van der Waals surface area (Å²) in [4.78, 5) is 15.3. The fourth-order valence-corrected chi connectivity index (χ4v) is 2.40. The Morgan fingerprint density at radius 2 is 2.00 bits per heavy atom. The summed E-state index contributed by atoms with van der Waals surface area (Å²) in [7, 11) is 0. The molecule has 0 saturated carbocycles. The van der Waals surface area contributed by atoms with Gasteiger partial charge in [-0.3, -0.25) is 4.57 Å². The van der Waals surface area contributed by atoms with Gasteiger partial charge in [0.1, 0.15) is 6.33 Å². The molecule has 2 aromatic carbocycles. The highest BCUT2D eigenvalue weighted by Crippen LogP contribution is 2.30. The molecule has 0 amide bonds. The van der Waals surface area contributed by atoms with Crippen LogP contribution in [0.15, 0.2) is 42.7 Å². The zero-order valence-corrected chi connectivity index (χ0v) is 11.6. The third kappa shape index (κ3) is 2.03. The van der Waals surface area contributed by atoms with Crippen LogP contribution in [0.2, 0.25) is 10.0 Å². The van der Waals surface area contributed by atoms with Crippen molar-refractivity contribution in [2.45, 2.75) is 0 Å². The maximum Gasteiger partial charge on any atom is 0.335 e. The topological polar surface area (TPSA) is 55.1 Å². The molecular weight excluding hydrogens is 299 g/mol. The van der Waals surface area contributed by atoms with Crippen molar-refractivity contribution >= 4 is 40.2 Å². The van der Waals surface area contributed by atoms with Crippen LogP contribution in [0.3, 0.4) is 0 Å². The van der Waals surface area contributed by atoms with Gasteiger partial charge in [0, 0.05) is 0 Å². The number of aromatic nitrogens is 2. The first kappa shape index (κ1) is 13.0. The van der Waals surface area contributed by atoms with Gasteiger partial charge in [0.25, 0.3) is 0 Å². The molecular formula is C14H8Cl2N2O2. The highest BCUT2D eigenvalue weighted by atomic mass is 35.5. The van der Waals surface area contributed by atoms with Crippen molar-refractivity contribution in [1.29, 1.82) is 0 Å². The van der Waals surface area contributed by atoms with Gasteiger partial charge in [0.15, 0.2) is 0 Å². The first-order valence-electron chi connectivity index (χ1n) is 5.72. The third-order valence-electron chi connectivity index (χ3n) is 2.98. The van der Waals surface area contributed by atoms with Crippen molar-refractivity contribution in [2.75, 3.05) is 0 Å². The van der Waals surface area contributed by atoms with Gasteiger partial charge < -0.3 is 5.11 Å². The average molecular weight is 307 g/mol. The second kappa shape index (κ2) is 4.81. The minimum atomic E-state index is -0.989. The molecule has 0 atom stereocenters. The van der Waals surface area contributed by atoms with Gasteiger partial charge in [0.05, 0.1) is 32.3 Å². The largest absolute Gasteiger partial charge is 0.478 e. The molecule has 1 heterocycles. The quantitative estimate of drug-likeness (QED) is 0.777. The number of halogens is 2. The lowest BCUT2D eigenvalue weighted by molar-refractivity contribution is 0.0697. The summed E-state index contributed by atoms with van der Waals surface area (Å²) in [5.41, 5.74) is 2.20. The lowest BCUT2D eigenvalue weighted by Crippen LogP contribution is -1.98. The number of hydrogen-bond donors (Lipinski definition) is 1. The second-order valence-electron chi connectivity index (χ2n) is 4.20. The number of fused-ring (bicyclic) bond motifs is 1. The van der Waals surface area contributed by atoms with Crippen LogP contribution in [0, 0.1) is 0 Å². The van der Waals surface area contributed by atoms with Crippen LogP contribution >= 0.6 is 23.2 Å². The summed E-state index contributed by atoms with van der Waals surface area (Å²) in [5.74, 6) is -0.989. The van der Waals surface area contributed by atoms with Gasteiger partial charge in [-0.25, -0.2) is 9.78 Å². The Kier molecular flexibility index (Phi) is 3.12. The summed E-state index contributed by atoms with van der Waals surface area (Å²) in [6, 6.07) is 9.99. The first-order chi connectivity index (χ1) is 9.58. The number of hydrogen-bond acceptors (Lipinski definition) is 2. The molecule has 0 unspecified atom stereocenters. The minimum Gasteiger partial charge on any atom is -0.478 e. The number of rotatable bonds is 2. The van der Waals surface area contributed by atoms with Crippen molar-refractivity contribution in [3.05, 3.63) is 58.3 Å². The molecule has 0 aliphatic carbocycles. The lowest BCUT2D eigenvalue weighted by Gasteiger charge is -2.08. The Hall–Kier alpha value is -2.04. The molecule has 1 N–H and O–H groups in total. The summed E-state index contributed by atoms with van der Waals surface area (Å²) >= 11 is 12.2. The number of aromatic carboxylic acids is 1. The predicted molar refractivity (Wildman–Crippen MR) is 78.0 cm³/mol. The minimum absolute atomic E-state index is 0.192. The van der Waals surface area contributed by atoms with E-state index in [9.17, 15) is 4.79 Å². The summed E-state index contributed by atoms with van der Waals surface area (Å²) in [6.45, 7) is 0. The number of benzene rings is 2. The first-order valence-corrected chi connectivity index (χ1v) is 6.48. The van der Waals surface area contributed by atoms with Crippen LogP contribution in [0.5, 0.6) is 0 Å². The molecule has 4 nitrogen and oxygen atoms in total. The Balaban J connectivity index is 2.28. The molecule has 3 rings (SSSR count). The van der Waals surface area contributed by atoms with E-state index < -0.39 is 5.97 Å². The van der Waals surface area contributed by atoms with Crippen molar-refractivity contribution in [2.24, 2.45) is 0 Å². The normalized spacial score (nSPS) is 10.9. The SMILES string of the molecule is O=C(O)c1ccc2ncn(-c3cccc(Cl)c3Cl)c2c1. The molecule has 20 heavy (non-hydrogen) atoms. The third-order valence-corrected chi connectivity index (χ3v) is 3.79. The van der Waals surface area contributed by atoms with Crippen LogP contribution in [0.25, 0.3) is 16.7 Å². The van der Waals surface area contributed by atoms with E-state index >= 15 is 0 Å². The number of carbonyl (C=O) groups is 1. The van der Waals surface area contributed by atoms with E-state index in [0.717, 1.165) is 0 Å². The van der Waals surface area contributed by atoms with Gasteiger partial charge in [-0.2, -0.15) is 0 Å². The molecule has 6 heteroatoms. The zero-order valence-electron chi connectivity index (χ0n) is 10.0. The van der Waals surface area contributed by atoms with E-state index in [1.165, 1.54) is 6.07 Å². The summed E-state index contributed by atoms with van der Waals surface area (Å²) in [5, 5.41) is 9.89. The van der Waals surface area contributed by atoms with Gasteiger partial charge >= 0.3 is 5.97 Å². The highest BCUT2D eigenvalue weighted by molar-refractivity contribution is 6.43. The Morgan fingerprint density at radius 1 is 1.20 bits per heavy atom.